The number of carbonyl (C=O) groups excluding carboxylic acids is 4. The summed E-state index contributed by atoms with van der Waals surface area (Å²) < 4.78 is 22.9. The number of hydrogen-bond donors (Lipinski definition) is 2. The highest BCUT2D eigenvalue weighted by Crippen LogP contribution is 2.15. The normalized spacial score (nSPS) is 9.78. The smallest absolute Gasteiger partial charge is 0.221 e. The van der Waals surface area contributed by atoms with Crippen molar-refractivity contribution in [1.29, 1.82) is 0 Å². The van der Waals surface area contributed by atoms with Crippen molar-refractivity contribution in [3.05, 3.63) is 54.1 Å². The fourth-order valence-electron chi connectivity index (χ4n) is 2.03. The van der Waals surface area contributed by atoms with Crippen LogP contribution in [0.4, 0.5) is 11.4 Å². The van der Waals surface area contributed by atoms with Gasteiger partial charge < -0.3 is 25.3 Å². The minimum Gasteiger partial charge on any atom is -0.549 e. The van der Waals surface area contributed by atoms with E-state index in [9.17, 15) is 32.7 Å². The van der Waals surface area contributed by atoms with Crippen molar-refractivity contribution in [1.82, 2.24) is 0 Å². The van der Waals surface area contributed by atoms with Crippen LogP contribution in [0.2, 0.25) is 0 Å². The van der Waals surface area contributed by atoms with Crippen molar-refractivity contribution in [2.24, 2.45) is 0 Å². The largest absolute Gasteiger partial charge is 0.549 e. The average molecular weight is 464 g/mol. The van der Waals surface area contributed by atoms with Gasteiger partial charge in [-0.3, -0.25) is 9.59 Å². The Kier molecular flexibility index (Phi) is 12.2. The van der Waals surface area contributed by atoms with Crippen molar-refractivity contribution < 1.29 is 32.7 Å². The topological polar surface area (TPSA) is 150 Å². The van der Waals surface area contributed by atoms with E-state index in [4.69, 9.17) is 0 Å². The predicted octanol–water partition coefficient (Wildman–Crippen LogP) is 1.72. The highest BCUT2D eigenvalue weighted by atomic mass is 32.2. The Hall–Kier alpha value is -3.53. The number of rotatable bonds is 5. The molecule has 9 nitrogen and oxygen atoms in total. The Labute approximate surface area is 187 Å². The van der Waals surface area contributed by atoms with Crippen LogP contribution in [0, 0.1) is 6.92 Å². The number of Topliss-reactive ketones (excluding diaryl/α,β-unsaturated/α-hetero) is 1. The number of hydrogen-bond acceptors (Lipinski definition) is 7. The number of carboxylic acids is 1. The molecular weight excluding hydrogens is 436 g/mol. The van der Waals surface area contributed by atoms with Crippen LogP contribution in [0.15, 0.2) is 53.4 Å². The Morgan fingerprint density at radius 1 is 0.750 bits per heavy atom. The summed E-state index contributed by atoms with van der Waals surface area (Å²) in [5.74, 6) is -2.87. The number of amides is 2. The van der Waals surface area contributed by atoms with Gasteiger partial charge in [-0.2, -0.15) is 0 Å². The van der Waals surface area contributed by atoms with Crippen LogP contribution in [-0.4, -0.2) is 37.7 Å². The molecule has 2 aromatic rings. The van der Waals surface area contributed by atoms with Crippen molar-refractivity contribution in [2.45, 2.75) is 39.5 Å². The molecule has 0 radical (unpaired) electrons. The van der Waals surface area contributed by atoms with Gasteiger partial charge in [-0.05, 0) is 57.2 Å². The highest BCUT2D eigenvalue weighted by Gasteiger charge is 2.14. The van der Waals surface area contributed by atoms with E-state index >= 15 is 0 Å². The van der Waals surface area contributed by atoms with Crippen LogP contribution < -0.4 is 15.7 Å². The summed E-state index contributed by atoms with van der Waals surface area (Å²) in [6, 6.07) is 12.9. The van der Waals surface area contributed by atoms with Gasteiger partial charge in [0, 0.05) is 25.2 Å². The van der Waals surface area contributed by atoms with Crippen LogP contribution >= 0.6 is 0 Å². The third-order valence-corrected chi connectivity index (χ3v) is 4.82. The third kappa shape index (κ3) is 13.6. The Balaban J connectivity index is 0.000000547. The van der Waals surface area contributed by atoms with E-state index in [-0.39, 0.29) is 22.5 Å². The average Bonchev–Trinajstić information content (AvgIpc) is 2.62. The Morgan fingerprint density at radius 3 is 1.41 bits per heavy atom. The van der Waals surface area contributed by atoms with E-state index in [1.165, 1.54) is 57.5 Å². The van der Waals surface area contributed by atoms with E-state index in [0.29, 0.717) is 5.69 Å². The van der Waals surface area contributed by atoms with Gasteiger partial charge in [0.1, 0.15) is 5.78 Å². The summed E-state index contributed by atoms with van der Waals surface area (Å²) in [4.78, 5) is 40.9. The first kappa shape index (κ1) is 28.5. The van der Waals surface area contributed by atoms with Crippen molar-refractivity contribution >= 4 is 44.8 Å². The van der Waals surface area contributed by atoms with Crippen LogP contribution in [0.5, 0.6) is 0 Å². The van der Waals surface area contributed by atoms with Gasteiger partial charge in [0.15, 0.2) is 9.84 Å². The van der Waals surface area contributed by atoms with Gasteiger partial charge in [0.2, 0.25) is 11.8 Å². The maximum atomic E-state index is 11.5. The molecule has 0 atom stereocenters. The number of carbonyl (C=O) groups is 4. The number of benzene rings is 2. The summed E-state index contributed by atoms with van der Waals surface area (Å²) in [5.41, 5.74) is 2.48. The summed E-state index contributed by atoms with van der Waals surface area (Å²) in [6.45, 7) is 7.89. The van der Waals surface area contributed by atoms with Gasteiger partial charge in [0.25, 0.3) is 0 Å². The van der Waals surface area contributed by atoms with Gasteiger partial charge in [0.05, 0.1) is 16.6 Å². The van der Waals surface area contributed by atoms with E-state index < -0.39 is 21.6 Å². The molecule has 2 amide bonds. The molecule has 2 N–H and O–H groups in total. The molecule has 0 bridgehead atoms. The highest BCUT2D eigenvalue weighted by molar-refractivity contribution is 7.92. The zero-order chi connectivity index (χ0) is 24.9. The first-order valence-corrected chi connectivity index (χ1v) is 11.0. The van der Waals surface area contributed by atoms with Crippen LogP contribution in [0.1, 0.15) is 33.3 Å². The molecule has 10 heteroatoms. The van der Waals surface area contributed by atoms with Crippen LogP contribution in [0.25, 0.3) is 0 Å². The number of sulfone groups is 1. The summed E-state index contributed by atoms with van der Waals surface area (Å²) in [6.07, 6.45) is 0. The van der Waals surface area contributed by atoms with Gasteiger partial charge >= 0.3 is 0 Å². The van der Waals surface area contributed by atoms with E-state index in [1.807, 2.05) is 31.2 Å². The van der Waals surface area contributed by atoms with E-state index in [1.54, 1.807) is 0 Å². The van der Waals surface area contributed by atoms with Gasteiger partial charge in [-0.15, -0.1) is 0 Å². The van der Waals surface area contributed by atoms with Gasteiger partial charge in [-0.1, -0.05) is 17.7 Å². The number of aryl methyl sites for hydroxylation is 1. The molecule has 0 unspecified atom stereocenters. The van der Waals surface area contributed by atoms with Crippen molar-refractivity contribution in [3.8, 4) is 0 Å². The standard InChI is InChI=1S/C10H11NO5S.C9H11NO.C3H6O/c1-7(12)11-8-2-4-9(5-3-8)17(15,16)6-10(13)14;1-7-3-5-9(6-4-7)10-8(2)11;1-3(2)4/h2-5H,6H2,1H3,(H,11,12)(H,13,14);3-6H,1-2H3,(H,10,11);1-2H3/p-1. The van der Waals surface area contributed by atoms with E-state index in [0.717, 1.165) is 5.69 Å². The lowest BCUT2D eigenvalue weighted by Crippen LogP contribution is -2.30. The lowest BCUT2D eigenvalue weighted by Gasteiger charge is -2.06. The fraction of sp³-hybridized carbons (Fsp3) is 0.273. The maximum absolute atomic E-state index is 11.5. The number of anilines is 2. The number of carboxylic acid groups (broad SMARTS) is 1. The molecule has 0 aromatic heterocycles. The second kappa shape index (κ2) is 13.7. The lowest BCUT2D eigenvalue weighted by molar-refractivity contribution is -0.301. The molecule has 0 spiro atoms. The molecule has 0 saturated heterocycles. The zero-order valence-corrected chi connectivity index (χ0v) is 19.4. The lowest BCUT2D eigenvalue weighted by atomic mass is 10.2. The molecule has 0 fully saturated rings. The summed E-state index contributed by atoms with van der Waals surface area (Å²) >= 11 is 0. The minimum atomic E-state index is -3.88. The molecule has 2 aromatic carbocycles. The molecule has 0 saturated carbocycles. The number of ketones is 1. The summed E-state index contributed by atoms with van der Waals surface area (Å²) in [7, 11) is -3.88. The molecule has 174 valence electrons. The molecule has 2 rings (SSSR count). The second-order valence-corrected chi connectivity index (χ2v) is 8.78. The predicted molar refractivity (Wildman–Crippen MR) is 120 cm³/mol. The van der Waals surface area contributed by atoms with Crippen LogP contribution in [0.3, 0.4) is 0 Å². The summed E-state index contributed by atoms with van der Waals surface area (Å²) in [5, 5.41) is 15.4. The number of aliphatic carboxylic acids is 1. The molecule has 0 aliphatic rings. The monoisotopic (exact) mass is 463 g/mol. The Bertz CT molecular complexity index is 1020. The molecule has 0 aliphatic carbocycles. The second-order valence-electron chi connectivity index (χ2n) is 6.79. The first-order chi connectivity index (χ1) is 14.7. The molecule has 32 heavy (non-hydrogen) atoms. The quantitative estimate of drug-likeness (QED) is 0.685. The molecule has 0 heterocycles. The SMILES string of the molecule is CC(=O)Nc1ccc(C)cc1.CC(=O)Nc1ccc(S(=O)(=O)CC(=O)[O-])cc1.CC(C)=O. The number of nitrogens with one attached hydrogen (secondary N) is 2. The Morgan fingerprint density at radius 2 is 1.09 bits per heavy atom. The molecular formula is C22H27N2O7S-. The van der Waals surface area contributed by atoms with E-state index in [2.05, 4.69) is 10.6 Å². The third-order valence-electron chi connectivity index (χ3n) is 3.21. The fourth-order valence-corrected chi connectivity index (χ4v) is 3.06. The van der Waals surface area contributed by atoms with Crippen molar-refractivity contribution in [3.63, 3.8) is 0 Å². The first-order valence-electron chi connectivity index (χ1n) is 9.34. The zero-order valence-electron chi connectivity index (χ0n) is 18.6. The maximum Gasteiger partial charge on any atom is 0.221 e. The van der Waals surface area contributed by atoms with Crippen LogP contribution in [-0.2, 0) is 29.0 Å². The van der Waals surface area contributed by atoms with Crippen molar-refractivity contribution in [2.75, 3.05) is 16.4 Å². The minimum absolute atomic E-state index is 0.0335. The molecule has 0 aliphatic heterocycles. The van der Waals surface area contributed by atoms with Gasteiger partial charge in [-0.25, -0.2) is 8.42 Å².